The monoisotopic (exact) mass is 489 g/mol. The number of nitrogens with zero attached hydrogens (tertiary/aromatic N) is 1. The van der Waals surface area contributed by atoms with Crippen LogP contribution in [0.4, 0.5) is 18.9 Å². The van der Waals surface area contributed by atoms with Gasteiger partial charge in [-0.1, -0.05) is 42.5 Å². The van der Waals surface area contributed by atoms with Gasteiger partial charge in [0.05, 0.1) is 21.7 Å². The fourth-order valence-electron chi connectivity index (χ4n) is 3.38. The minimum absolute atomic E-state index is 0.0165. The van der Waals surface area contributed by atoms with E-state index < -0.39 is 33.8 Å². The van der Waals surface area contributed by atoms with Crippen molar-refractivity contribution in [2.45, 2.75) is 31.0 Å². The third-order valence-corrected chi connectivity index (χ3v) is 6.98. The molecule has 3 rings (SSSR count). The summed E-state index contributed by atoms with van der Waals surface area (Å²) in [4.78, 5) is 11.0. The van der Waals surface area contributed by atoms with E-state index in [4.69, 9.17) is 5.11 Å². The lowest BCUT2D eigenvalue weighted by Gasteiger charge is -2.30. The van der Waals surface area contributed by atoms with Crippen LogP contribution in [0, 0.1) is 0 Å². The second-order valence-corrected chi connectivity index (χ2v) is 9.55. The highest BCUT2D eigenvalue weighted by Crippen LogP contribution is 2.36. The summed E-state index contributed by atoms with van der Waals surface area (Å²) in [6.07, 6.45) is -1.74. The minimum Gasteiger partial charge on any atom is -0.478 e. The first-order valence-corrected chi connectivity index (χ1v) is 11.7. The van der Waals surface area contributed by atoms with Gasteiger partial charge in [-0.25, -0.2) is 13.2 Å². The van der Waals surface area contributed by atoms with Crippen LogP contribution in [0.3, 0.4) is 0 Å². The lowest BCUT2D eigenvalue weighted by Crippen LogP contribution is -2.37. The molecule has 5 nitrogen and oxygen atoms in total. The summed E-state index contributed by atoms with van der Waals surface area (Å²) in [6.45, 7) is 3.27. The van der Waals surface area contributed by atoms with Gasteiger partial charge < -0.3 is 5.11 Å². The predicted octanol–water partition coefficient (Wildman–Crippen LogP) is 6.18. The standard InChI is InChI=1S/C25H22F3NO4S/c1-17(2)29(34(32,33)22-6-4-3-5-7-22)23-15-14-21(25(26,27)28)16-20(23)13-10-18-8-11-19(12-9-18)24(30)31/h3-17H,1-2H3,(H,30,31)/b13-10-. The molecule has 1 N–H and O–H groups in total. The Bertz CT molecular complexity index is 1300. The van der Waals surface area contributed by atoms with Gasteiger partial charge in [-0.05, 0) is 67.4 Å². The summed E-state index contributed by atoms with van der Waals surface area (Å²) in [5.74, 6) is -1.10. The number of hydrogen-bond acceptors (Lipinski definition) is 3. The third kappa shape index (κ3) is 5.48. The van der Waals surface area contributed by atoms with Crippen LogP contribution in [0.2, 0.25) is 0 Å². The fraction of sp³-hybridized carbons (Fsp3) is 0.160. The second kappa shape index (κ2) is 9.72. The molecule has 0 aliphatic heterocycles. The van der Waals surface area contributed by atoms with Gasteiger partial charge in [-0.15, -0.1) is 0 Å². The van der Waals surface area contributed by atoms with Gasteiger partial charge in [0.1, 0.15) is 0 Å². The predicted molar refractivity (Wildman–Crippen MR) is 125 cm³/mol. The van der Waals surface area contributed by atoms with Crippen molar-refractivity contribution in [2.75, 3.05) is 4.31 Å². The maximum atomic E-state index is 13.4. The first-order chi connectivity index (χ1) is 15.9. The Morgan fingerprint density at radius 2 is 1.56 bits per heavy atom. The molecule has 0 saturated carbocycles. The SMILES string of the molecule is CC(C)N(c1ccc(C(F)(F)F)cc1/C=C\c1ccc(C(=O)O)cc1)S(=O)(=O)c1ccccc1. The maximum Gasteiger partial charge on any atom is 0.416 e. The highest BCUT2D eigenvalue weighted by atomic mass is 32.2. The Morgan fingerprint density at radius 3 is 2.09 bits per heavy atom. The lowest BCUT2D eigenvalue weighted by molar-refractivity contribution is -0.137. The Morgan fingerprint density at radius 1 is 0.941 bits per heavy atom. The number of anilines is 1. The number of carbonyl (C=O) groups is 1. The molecular weight excluding hydrogens is 467 g/mol. The van der Waals surface area contributed by atoms with E-state index in [2.05, 4.69) is 0 Å². The van der Waals surface area contributed by atoms with E-state index in [0.717, 1.165) is 22.5 Å². The molecular formula is C25H22F3NO4S. The smallest absolute Gasteiger partial charge is 0.416 e. The van der Waals surface area contributed by atoms with Crippen LogP contribution in [0.15, 0.2) is 77.7 Å². The summed E-state index contributed by atoms with van der Waals surface area (Å²) in [6, 6.07) is 15.7. The highest BCUT2D eigenvalue weighted by Gasteiger charge is 2.33. The van der Waals surface area contributed by atoms with Crippen LogP contribution in [-0.4, -0.2) is 25.5 Å². The van der Waals surface area contributed by atoms with E-state index in [1.54, 1.807) is 32.0 Å². The van der Waals surface area contributed by atoms with Crippen molar-refractivity contribution in [2.24, 2.45) is 0 Å². The van der Waals surface area contributed by atoms with Crippen LogP contribution in [0.25, 0.3) is 12.2 Å². The van der Waals surface area contributed by atoms with E-state index >= 15 is 0 Å². The molecule has 0 atom stereocenters. The zero-order valence-electron chi connectivity index (χ0n) is 18.3. The van der Waals surface area contributed by atoms with E-state index in [9.17, 15) is 26.4 Å². The topological polar surface area (TPSA) is 74.7 Å². The Balaban J connectivity index is 2.14. The molecule has 0 aliphatic carbocycles. The number of aromatic carboxylic acids is 1. The summed E-state index contributed by atoms with van der Waals surface area (Å²) in [5, 5.41) is 9.02. The van der Waals surface area contributed by atoms with Crippen LogP contribution in [0.5, 0.6) is 0 Å². The Kier molecular flexibility index (Phi) is 7.16. The van der Waals surface area contributed by atoms with Crippen molar-refractivity contribution >= 4 is 33.8 Å². The Labute approximate surface area is 195 Å². The van der Waals surface area contributed by atoms with Crippen LogP contribution in [-0.2, 0) is 16.2 Å². The molecule has 9 heteroatoms. The van der Waals surface area contributed by atoms with Crippen molar-refractivity contribution in [3.63, 3.8) is 0 Å². The molecule has 0 radical (unpaired) electrons. The van der Waals surface area contributed by atoms with Gasteiger partial charge in [0.2, 0.25) is 0 Å². The van der Waals surface area contributed by atoms with E-state index in [0.29, 0.717) is 5.56 Å². The summed E-state index contributed by atoms with van der Waals surface area (Å²) >= 11 is 0. The number of sulfonamides is 1. The average Bonchev–Trinajstić information content (AvgIpc) is 2.78. The molecule has 0 aliphatic rings. The zero-order chi connectivity index (χ0) is 25.1. The summed E-state index contributed by atoms with van der Waals surface area (Å²) in [5.41, 5.74) is -0.180. The molecule has 0 fully saturated rings. The molecule has 0 spiro atoms. The second-order valence-electron chi connectivity index (χ2n) is 7.74. The molecule has 0 unspecified atom stereocenters. The van der Waals surface area contributed by atoms with Crippen molar-refractivity contribution in [3.05, 3.63) is 95.1 Å². The molecule has 0 aromatic heterocycles. The van der Waals surface area contributed by atoms with Crippen LogP contribution >= 0.6 is 0 Å². The number of benzene rings is 3. The number of rotatable bonds is 7. The van der Waals surface area contributed by atoms with Crippen LogP contribution in [0.1, 0.15) is 40.9 Å². The number of carboxylic acids is 1. The molecule has 3 aromatic carbocycles. The highest BCUT2D eigenvalue weighted by molar-refractivity contribution is 7.92. The van der Waals surface area contributed by atoms with Crippen molar-refractivity contribution in [1.82, 2.24) is 0 Å². The van der Waals surface area contributed by atoms with Gasteiger partial charge in [0.15, 0.2) is 0 Å². The van der Waals surface area contributed by atoms with E-state index in [1.165, 1.54) is 48.6 Å². The van der Waals surface area contributed by atoms with Gasteiger partial charge in [-0.2, -0.15) is 13.2 Å². The lowest BCUT2D eigenvalue weighted by atomic mass is 10.0. The normalized spacial score (nSPS) is 12.3. The first kappa shape index (κ1) is 25.0. The fourth-order valence-corrected chi connectivity index (χ4v) is 5.09. The molecule has 178 valence electrons. The average molecular weight is 490 g/mol. The molecule has 0 saturated heterocycles. The van der Waals surface area contributed by atoms with Crippen LogP contribution < -0.4 is 4.31 Å². The quantitative estimate of drug-likeness (QED) is 0.402. The number of halogens is 3. The van der Waals surface area contributed by atoms with Crippen molar-refractivity contribution in [3.8, 4) is 0 Å². The van der Waals surface area contributed by atoms with Gasteiger partial charge in [0, 0.05) is 6.04 Å². The van der Waals surface area contributed by atoms with Crippen molar-refractivity contribution in [1.29, 1.82) is 0 Å². The zero-order valence-corrected chi connectivity index (χ0v) is 19.1. The largest absolute Gasteiger partial charge is 0.478 e. The molecule has 34 heavy (non-hydrogen) atoms. The summed E-state index contributed by atoms with van der Waals surface area (Å²) in [7, 11) is -4.07. The first-order valence-electron chi connectivity index (χ1n) is 10.2. The van der Waals surface area contributed by atoms with E-state index in [-0.39, 0.29) is 21.7 Å². The molecule has 0 heterocycles. The summed E-state index contributed by atoms with van der Waals surface area (Å²) < 4.78 is 68.2. The maximum absolute atomic E-state index is 13.4. The molecule has 3 aromatic rings. The third-order valence-electron chi connectivity index (χ3n) is 4.97. The minimum atomic E-state index is -4.62. The van der Waals surface area contributed by atoms with Gasteiger partial charge in [0.25, 0.3) is 10.0 Å². The molecule has 0 bridgehead atoms. The van der Waals surface area contributed by atoms with Gasteiger partial charge in [-0.3, -0.25) is 4.31 Å². The number of hydrogen-bond donors (Lipinski definition) is 1. The van der Waals surface area contributed by atoms with Crippen molar-refractivity contribution < 1.29 is 31.5 Å². The Hall–Kier alpha value is -3.59. The number of alkyl halides is 3. The van der Waals surface area contributed by atoms with E-state index in [1.807, 2.05) is 0 Å². The molecule has 0 amide bonds. The van der Waals surface area contributed by atoms with Gasteiger partial charge >= 0.3 is 12.1 Å². The number of carboxylic acid groups (broad SMARTS) is 1.